The fourth-order valence-corrected chi connectivity index (χ4v) is 4.61. The second-order valence-electron chi connectivity index (χ2n) is 8.70. The zero-order valence-corrected chi connectivity index (χ0v) is 18.2. The second-order valence-corrected chi connectivity index (χ2v) is 8.70. The van der Waals surface area contributed by atoms with Gasteiger partial charge < -0.3 is 10.2 Å². The van der Waals surface area contributed by atoms with E-state index in [1.54, 1.807) is 28.9 Å². The van der Waals surface area contributed by atoms with Crippen LogP contribution in [0.15, 0.2) is 36.4 Å². The summed E-state index contributed by atoms with van der Waals surface area (Å²) in [6, 6.07) is 11.0. The lowest BCUT2D eigenvalue weighted by atomic mass is 9.94. The molecule has 1 aromatic carbocycles. The van der Waals surface area contributed by atoms with Crippen LogP contribution in [0.5, 0.6) is 0 Å². The smallest absolute Gasteiger partial charge is 0.270 e. The van der Waals surface area contributed by atoms with Crippen LogP contribution in [0.1, 0.15) is 60.3 Å². The van der Waals surface area contributed by atoms with Gasteiger partial charge in [0.05, 0.1) is 5.92 Å². The molecule has 2 fully saturated rings. The summed E-state index contributed by atoms with van der Waals surface area (Å²) < 4.78 is 1.74. The van der Waals surface area contributed by atoms with Crippen LogP contribution in [-0.2, 0) is 9.59 Å². The van der Waals surface area contributed by atoms with Crippen molar-refractivity contribution in [3.05, 3.63) is 53.3 Å². The van der Waals surface area contributed by atoms with Gasteiger partial charge in [0.25, 0.3) is 5.91 Å². The number of nitrogens with one attached hydrogen (secondary N) is 2. The second kappa shape index (κ2) is 8.96. The van der Waals surface area contributed by atoms with Crippen LogP contribution in [0.3, 0.4) is 0 Å². The van der Waals surface area contributed by atoms with E-state index in [-0.39, 0.29) is 30.1 Å². The molecule has 2 aromatic rings. The average molecular weight is 423 g/mol. The van der Waals surface area contributed by atoms with E-state index in [1.165, 1.54) is 6.42 Å². The minimum atomic E-state index is -0.322. The Morgan fingerprint density at radius 3 is 2.23 bits per heavy atom. The van der Waals surface area contributed by atoms with Crippen LogP contribution in [0, 0.1) is 19.8 Å². The number of hydrogen-bond donors (Lipinski definition) is 2. The van der Waals surface area contributed by atoms with Crippen LogP contribution in [0.4, 0.5) is 5.69 Å². The summed E-state index contributed by atoms with van der Waals surface area (Å²) in [6.45, 7) is 4.36. The standard InChI is InChI=1S/C24H30N4O3/c1-16-8-9-17(2)28(16)26-24(31)18-10-12-20(13-11-18)25-23(30)19-14-22(29)27(15-19)21-6-4-3-5-7-21/h8-13,19,21H,3-7,14-15H2,1-2H3,(H,25,30)(H,26,31)/t19-/m0/s1. The van der Waals surface area contributed by atoms with Crippen molar-refractivity contribution in [1.82, 2.24) is 9.58 Å². The number of rotatable bonds is 5. The number of likely N-dealkylation sites (tertiary alicyclic amines) is 1. The normalized spacial score (nSPS) is 19.5. The van der Waals surface area contributed by atoms with Crippen molar-refractivity contribution in [3.8, 4) is 0 Å². The summed E-state index contributed by atoms with van der Waals surface area (Å²) in [7, 11) is 0. The number of nitrogens with zero attached hydrogens (tertiary/aromatic N) is 2. The molecule has 0 bridgehead atoms. The van der Waals surface area contributed by atoms with Crippen molar-refractivity contribution < 1.29 is 14.4 Å². The highest BCUT2D eigenvalue weighted by atomic mass is 16.2. The van der Waals surface area contributed by atoms with Crippen LogP contribution in [0.25, 0.3) is 0 Å². The molecule has 1 saturated carbocycles. The maximum Gasteiger partial charge on any atom is 0.270 e. The molecule has 7 nitrogen and oxygen atoms in total. The largest absolute Gasteiger partial charge is 0.339 e. The molecule has 2 heterocycles. The summed E-state index contributed by atoms with van der Waals surface area (Å²) in [5.41, 5.74) is 5.89. The van der Waals surface area contributed by atoms with Crippen molar-refractivity contribution in [2.24, 2.45) is 5.92 Å². The van der Waals surface area contributed by atoms with Crippen molar-refractivity contribution in [3.63, 3.8) is 0 Å². The highest BCUT2D eigenvalue weighted by Crippen LogP contribution is 2.29. The van der Waals surface area contributed by atoms with E-state index in [2.05, 4.69) is 10.7 Å². The molecular formula is C24H30N4O3. The number of aromatic nitrogens is 1. The molecule has 0 radical (unpaired) electrons. The van der Waals surface area contributed by atoms with Gasteiger partial charge in [-0.25, -0.2) is 0 Å². The topological polar surface area (TPSA) is 83.4 Å². The van der Waals surface area contributed by atoms with Gasteiger partial charge in [-0.3, -0.25) is 24.5 Å². The SMILES string of the molecule is Cc1ccc(C)n1NC(=O)c1ccc(NC(=O)[C@H]2CC(=O)N(C3CCCCC3)C2)cc1. The van der Waals surface area contributed by atoms with E-state index >= 15 is 0 Å². The minimum Gasteiger partial charge on any atom is -0.339 e. The molecule has 4 rings (SSSR count). The Labute approximate surface area is 182 Å². The van der Waals surface area contributed by atoms with Crippen LogP contribution >= 0.6 is 0 Å². The number of amides is 3. The summed E-state index contributed by atoms with van der Waals surface area (Å²) in [4.78, 5) is 39.6. The predicted octanol–water partition coefficient (Wildman–Crippen LogP) is 3.61. The summed E-state index contributed by atoms with van der Waals surface area (Å²) >= 11 is 0. The Morgan fingerprint density at radius 1 is 0.935 bits per heavy atom. The third kappa shape index (κ3) is 4.65. The van der Waals surface area contributed by atoms with Gasteiger partial charge in [-0.05, 0) is 63.1 Å². The van der Waals surface area contributed by atoms with Crippen LogP contribution in [-0.4, -0.2) is 39.9 Å². The number of carbonyl (C=O) groups excluding carboxylic acids is 3. The molecule has 2 N–H and O–H groups in total. The maximum atomic E-state index is 12.7. The Bertz CT molecular complexity index is 954. The van der Waals surface area contributed by atoms with Gasteiger partial charge >= 0.3 is 0 Å². The van der Waals surface area contributed by atoms with Gasteiger partial charge in [-0.15, -0.1) is 0 Å². The number of hydrogen-bond acceptors (Lipinski definition) is 3. The Hall–Kier alpha value is -3.09. The molecule has 0 unspecified atom stereocenters. The molecule has 1 aliphatic carbocycles. The van der Waals surface area contributed by atoms with E-state index in [4.69, 9.17) is 0 Å². The van der Waals surface area contributed by atoms with Crippen LogP contribution < -0.4 is 10.7 Å². The molecule has 1 aliphatic heterocycles. The fourth-order valence-electron chi connectivity index (χ4n) is 4.61. The quantitative estimate of drug-likeness (QED) is 0.772. The van der Waals surface area contributed by atoms with Crippen molar-refractivity contribution in [2.45, 2.75) is 58.4 Å². The fraction of sp³-hybridized carbons (Fsp3) is 0.458. The number of aryl methyl sites for hydroxylation is 2. The van der Waals surface area contributed by atoms with Gasteiger partial charge in [0.2, 0.25) is 11.8 Å². The predicted molar refractivity (Wildman–Crippen MR) is 119 cm³/mol. The summed E-state index contributed by atoms with van der Waals surface area (Å²) in [5, 5.41) is 2.90. The average Bonchev–Trinajstić information content (AvgIpc) is 3.32. The molecule has 1 atom stereocenters. The maximum absolute atomic E-state index is 12.7. The molecule has 164 valence electrons. The minimum absolute atomic E-state index is 0.0923. The molecule has 2 aliphatic rings. The lowest BCUT2D eigenvalue weighted by Gasteiger charge is -2.31. The van der Waals surface area contributed by atoms with Crippen molar-refractivity contribution in [1.29, 1.82) is 0 Å². The lowest BCUT2D eigenvalue weighted by molar-refractivity contribution is -0.130. The van der Waals surface area contributed by atoms with Crippen LogP contribution in [0.2, 0.25) is 0 Å². The number of carbonyl (C=O) groups is 3. The van der Waals surface area contributed by atoms with Gasteiger partial charge in [0, 0.05) is 41.6 Å². The molecule has 1 aromatic heterocycles. The molecule has 1 saturated heterocycles. The molecule has 7 heteroatoms. The van der Waals surface area contributed by atoms with Crippen molar-refractivity contribution in [2.75, 3.05) is 17.3 Å². The first kappa shape index (κ1) is 21.2. The monoisotopic (exact) mass is 422 g/mol. The van der Waals surface area contributed by atoms with Gasteiger partial charge in [0.15, 0.2) is 0 Å². The first-order valence-electron chi connectivity index (χ1n) is 11.1. The lowest BCUT2D eigenvalue weighted by Crippen LogP contribution is -2.38. The number of anilines is 1. The van der Waals surface area contributed by atoms with Crippen molar-refractivity contribution >= 4 is 23.4 Å². The Balaban J connectivity index is 1.34. The summed E-state index contributed by atoms with van der Waals surface area (Å²) in [5.74, 6) is -0.584. The Morgan fingerprint density at radius 2 is 1.58 bits per heavy atom. The van der Waals surface area contributed by atoms with Gasteiger partial charge in [-0.1, -0.05) is 19.3 Å². The van der Waals surface area contributed by atoms with Gasteiger partial charge in [-0.2, -0.15) is 0 Å². The Kier molecular flexibility index (Phi) is 6.11. The van der Waals surface area contributed by atoms with E-state index in [9.17, 15) is 14.4 Å². The highest BCUT2D eigenvalue weighted by molar-refractivity contribution is 6.01. The third-order valence-electron chi connectivity index (χ3n) is 6.44. The van der Waals surface area contributed by atoms with E-state index in [0.717, 1.165) is 37.1 Å². The van der Waals surface area contributed by atoms with Gasteiger partial charge in [0.1, 0.15) is 0 Å². The molecular weight excluding hydrogens is 392 g/mol. The van der Waals surface area contributed by atoms with E-state index < -0.39 is 0 Å². The molecule has 3 amide bonds. The zero-order valence-electron chi connectivity index (χ0n) is 18.2. The first-order chi connectivity index (χ1) is 14.9. The summed E-state index contributed by atoms with van der Waals surface area (Å²) in [6.07, 6.45) is 5.93. The number of benzene rings is 1. The molecule has 0 spiro atoms. The van der Waals surface area contributed by atoms with E-state index in [1.807, 2.05) is 30.9 Å². The first-order valence-corrected chi connectivity index (χ1v) is 11.1. The zero-order chi connectivity index (χ0) is 22.0. The molecule has 31 heavy (non-hydrogen) atoms. The van der Waals surface area contributed by atoms with E-state index in [0.29, 0.717) is 23.8 Å². The third-order valence-corrected chi connectivity index (χ3v) is 6.44. The highest BCUT2D eigenvalue weighted by Gasteiger charge is 2.38.